The molecule has 1 aromatic heterocycles. The highest BCUT2D eigenvalue weighted by atomic mass is 16.6. The lowest BCUT2D eigenvalue weighted by Crippen LogP contribution is -2.55. The number of hydrogen-bond acceptors (Lipinski definition) is 4. The van der Waals surface area contributed by atoms with Crippen LogP contribution in [0.5, 0.6) is 0 Å². The molecule has 1 unspecified atom stereocenters. The van der Waals surface area contributed by atoms with Gasteiger partial charge in [0.1, 0.15) is 5.60 Å². The van der Waals surface area contributed by atoms with Crippen LogP contribution in [-0.4, -0.2) is 33.3 Å². The summed E-state index contributed by atoms with van der Waals surface area (Å²) >= 11 is 0. The Hall–Kier alpha value is -1.56. The number of nitrogens with zero attached hydrogens (tertiary/aromatic N) is 2. The smallest absolute Gasteiger partial charge is 0.407 e. The first-order chi connectivity index (χ1) is 10.6. The third kappa shape index (κ3) is 6.22. The fraction of sp³-hybridized carbons (Fsp3) is 0.765. The van der Waals surface area contributed by atoms with Gasteiger partial charge in [0.05, 0.1) is 12.0 Å². The van der Waals surface area contributed by atoms with E-state index in [1.165, 1.54) is 0 Å². The van der Waals surface area contributed by atoms with Gasteiger partial charge >= 0.3 is 6.09 Å². The molecule has 0 aromatic carbocycles. The SMILES string of the molecule is CCn1cncc1CNC(C)(CNC(=O)OC(C)(C)C)C(C)C. The summed E-state index contributed by atoms with van der Waals surface area (Å²) in [5.74, 6) is 0.343. The van der Waals surface area contributed by atoms with E-state index in [4.69, 9.17) is 4.74 Å². The molecule has 0 saturated heterocycles. The Bertz CT molecular complexity index is 505. The van der Waals surface area contributed by atoms with E-state index >= 15 is 0 Å². The van der Waals surface area contributed by atoms with E-state index in [1.807, 2.05) is 33.3 Å². The zero-order valence-corrected chi connectivity index (χ0v) is 15.6. The highest BCUT2D eigenvalue weighted by molar-refractivity contribution is 5.67. The monoisotopic (exact) mass is 324 g/mol. The van der Waals surface area contributed by atoms with Crippen LogP contribution in [0.25, 0.3) is 0 Å². The van der Waals surface area contributed by atoms with Crippen molar-refractivity contribution in [1.29, 1.82) is 0 Å². The van der Waals surface area contributed by atoms with Gasteiger partial charge in [-0.25, -0.2) is 9.78 Å². The number of nitrogens with one attached hydrogen (secondary N) is 2. The second-order valence-electron chi connectivity index (χ2n) is 7.45. The summed E-state index contributed by atoms with van der Waals surface area (Å²) in [5.41, 5.74) is 0.413. The second-order valence-corrected chi connectivity index (χ2v) is 7.45. The molecule has 0 bridgehead atoms. The van der Waals surface area contributed by atoms with Gasteiger partial charge in [0.15, 0.2) is 0 Å². The lowest BCUT2D eigenvalue weighted by atomic mass is 9.88. The minimum atomic E-state index is -0.487. The summed E-state index contributed by atoms with van der Waals surface area (Å²) in [6.45, 7) is 16.2. The first-order valence-corrected chi connectivity index (χ1v) is 8.28. The van der Waals surface area contributed by atoms with Crippen molar-refractivity contribution in [3.63, 3.8) is 0 Å². The number of aryl methyl sites for hydroxylation is 1. The Kier molecular flexibility index (Phi) is 6.62. The highest BCUT2D eigenvalue weighted by Crippen LogP contribution is 2.17. The molecule has 0 spiro atoms. The molecule has 23 heavy (non-hydrogen) atoms. The summed E-state index contributed by atoms with van der Waals surface area (Å²) < 4.78 is 7.41. The first kappa shape index (κ1) is 19.5. The van der Waals surface area contributed by atoms with E-state index in [1.54, 1.807) is 0 Å². The maximum absolute atomic E-state index is 11.9. The fourth-order valence-electron chi connectivity index (χ4n) is 2.11. The molecule has 0 aliphatic heterocycles. The Morgan fingerprint density at radius 1 is 1.35 bits per heavy atom. The van der Waals surface area contributed by atoms with Gasteiger partial charge in [-0.3, -0.25) is 0 Å². The minimum absolute atomic E-state index is 0.236. The predicted octanol–water partition coefficient (Wildman–Crippen LogP) is 2.93. The normalized spacial score (nSPS) is 14.6. The molecule has 6 nitrogen and oxygen atoms in total. The Balaban J connectivity index is 2.63. The molecule has 0 saturated carbocycles. The predicted molar refractivity (Wildman–Crippen MR) is 92.2 cm³/mol. The first-order valence-electron chi connectivity index (χ1n) is 8.28. The zero-order chi connectivity index (χ0) is 17.7. The Morgan fingerprint density at radius 2 is 2.00 bits per heavy atom. The molecule has 0 aliphatic rings. The largest absolute Gasteiger partial charge is 0.444 e. The van der Waals surface area contributed by atoms with Crippen LogP contribution in [0.1, 0.15) is 54.2 Å². The van der Waals surface area contributed by atoms with Crippen molar-refractivity contribution in [2.75, 3.05) is 6.54 Å². The van der Waals surface area contributed by atoms with Crippen molar-refractivity contribution < 1.29 is 9.53 Å². The van der Waals surface area contributed by atoms with Crippen LogP contribution in [0.15, 0.2) is 12.5 Å². The fourth-order valence-corrected chi connectivity index (χ4v) is 2.11. The van der Waals surface area contributed by atoms with Crippen LogP contribution in [0.3, 0.4) is 0 Å². The molecule has 132 valence electrons. The van der Waals surface area contributed by atoms with Crippen molar-refractivity contribution in [3.05, 3.63) is 18.2 Å². The zero-order valence-electron chi connectivity index (χ0n) is 15.6. The molecular weight excluding hydrogens is 292 g/mol. The van der Waals surface area contributed by atoms with Gasteiger partial charge in [0.25, 0.3) is 0 Å². The average molecular weight is 324 g/mol. The lowest BCUT2D eigenvalue weighted by molar-refractivity contribution is 0.0503. The number of aromatic nitrogens is 2. The number of carbonyl (C=O) groups is 1. The number of carbonyl (C=O) groups excluding carboxylic acids is 1. The van der Waals surface area contributed by atoms with Gasteiger partial charge < -0.3 is 19.9 Å². The summed E-state index contributed by atoms with van der Waals surface area (Å²) in [6, 6.07) is 0. The lowest BCUT2D eigenvalue weighted by Gasteiger charge is -2.35. The number of rotatable bonds is 7. The minimum Gasteiger partial charge on any atom is -0.444 e. The highest BCUT2D eigenvalue weighted by Gasteiger charge is 2.29. The molecule has 0 radical (unpaired) electrons. The standard InChI is InChI=1S/C17H32N4O2/c1-8-21-12-18-9-14(21)10-20-17(7,13(2)3)11-19-15(22)23-16(4,5)6/h9,12-13,20H,8,10-11H2,1-7H3,(H,19,22). The van der Waals surface area contributed by atoms with Crippen molar-refractivity contribution in [3.8, 4) is 0 Å². The van der Waals surface area contributed by atoms with Crippen LogP contribution in [0, 0.1) is 5.92 Å². The quantitative estimate of drug-likeness (QED) is 0.809. The molecule has 0 fully saturated rings. The van der Waals surface area contributed by atoms with Gasteiger partial charge in [-0.2, -0.15) is 0 Å². The molecule has 1 rings (SSSR count). The Morgan fingerprint density at radius 3 is 2.52 bits per heavy atom. The van der Waals surface area contributed by atoms with Crippen LogP contribution >= 0.6 is 0 Å². The number of alkyl carbamates (subject to hydrolysis) is 1. The topological polar surface area (TPSA) is 68.2 Å². The molecule has 1 amide bonds. The second kappa shape index (κ2) is 7.81. The third-order valence-corrected chi connectivity index (χ3v) is 4.09. The van der Waals surface area contributed by atoms with Crippen molar-refractivity contribution >= 4 is 6.09 Å². The van der Waals surface area contributed by atoms with E-state index < -0.39 is 5.60 Å². The number of ether oxygens (including phenoxy) is 1. The van der Waals surface area contributed by atoms with E-state index in [2.05, 4.69) is 47.9 Å². The van der Waals surface area contributed by atoms with Crippen molar-refractivity contribution in [2.24, 2.45) is 5.92 Å². The summed E-state index contributed by atoms with van der Waals surface area (Å²) in [6.07, 6.45) is 3.33. The maximum Gasteiger partial charge on any atom is 0.407 e. The van der Waals surface area contributed by atoms with Gasteiger partial charge in [0.2, 0.25) is 0 Å². The van der Waals surface area contributed by atoms with Gasteiger partial charge in [-0.05, 0) is 40.5 Å². The van der Waals surface area contributed by atoms with Crippen LogP contribution < -0.4 is 10.6 Å². The van der Waals surface area contributed by atoms with Gasteiger partial charge in [-0.1, -0.05) is 13.8 Å². The molecule has 1 heterocycles. The molecule has 2 N–H and O–H groups in total. The van der Waals surface area contributed by atoms with Crippen molar-refractivity contribution in [1.82, 2.24) is 20.2 Å². The van der Waals surface area contributed by atoms with Crippen molar-refractivity contribution in [2.45, 2.75) is 72.7 Å². The molecule has 6 heteroatoms. The summed E-state index contributed by atoms with van der Waals surface area (Å²) in [4.78, 5) is 16.1. The molecule has 1 atom stereocenters. The molecule has 1 aromatic rings. The number of hydrogen-bond donors (Lipinski definition) is 2. The van der Waals surface area contributed by atoms with E-state index in [9.17, 15) is 4.79 Å². The van der Waals surface area contributed by atoms with Crippen LogP contribution in [-0.2, 0) is 17.8 Å². The summed E-state index contributed by atoms with van der Waals surface area (Å²) in [7, 11) is 0. The van der Waals surface area contributed by atoms with Gasteiger partial charge in [0, 0.05) is 31.4 Å². The Labute approximate surface area is 140 Å². The van der Waals surface area contributed by atoms with E-state index in [0.29, 0.717) is 19.0 Å². The maximum atomic E-state index is 11.9. The summed E-state index contributed by atoms with van der Waals surface area (Å²) in [5, 5.41) is 6.43. The molecule has 0 aliphatic carbocycles. The van der Waals surface area contributed by atoms with Gasteiger partial charge in [-0.15, -0.1) is 0 Å². The number of amides is 1. The third-order valence-electron chi connectivity index (χ3n) is 4.09. The van der Waals surface area contributed by atoms with E-state index in [-0.39, 0.29) is 11.6 Å². The van der Waals surface area contributed by atoms with Crippen LogP contribution in [0.2, 0.25) is 0 Å². The average Bonchev–Trinajstić information content (AvgIpc) is 2.88. The van der Waals surface area contributed by atoms with E-state index in [0.717, 1.165) is 12.2 Å². The number of imidazole rings is 1. The van der Waals surface area contributed by atoms with Crippen LogP contribution in [0.4, 0.5) is 4.79 Å². The molecular formula is C17H32N4O2.